The van der Waals surface area contributed by atoms with Crippen molar-refractivity contribution in [2.24, 2.45) is 11.7 Å². The summed E-state index contributed by atoms with van der Waals surface area (Å²) in [7, 11) is 0. The largest absolute Gasteiger partial charge is 0.349 e. The molecule has 1 heterocycles. The molecule has 0 bridgehead atoms. The molecule has 1 fully saturated rings. The van der Waals surface area contributed by atoms with Crippen LogP contribution in [0.5, 0.6) is 0 Å². The minimum Gasteiger partial charge on any atom is -0.349 e. The molecule has 1 amide bonds. The van der Waals surface area contributed by atoms with Gasteiger partial charge in [-0.15, -0.1) is 24.2 Å². The standard InChI is InChI=1S/C13H19N3OS.ClH/c1-13(9-14,10-2-3-10)16-12(17)8-18-11-4-6-15-7-5-11;/h4-7,10H,2-3,8-9,14H2,1H3,(H,16,17);1H. The van der Waals surface area contributed by atoms with Crippen molar-refractivity contribution in [3.05, 3.63) is 24.5 Å². The summed E-state index contributed by atoms with van der Waals surface area (Å²) in [5.74, 6) is 1.03. The minimum atomic E-state index is -0.226. The van der Waals surface area contributed by atoms with E-state index in [-0.39, 0.29) is 23.9 Å². The van der Waals surface area contributed by atoms with Gasteiger partial charge >= 0.3 is 0 Å². The lowest BCUT2D eigenvalue weighted by Gasteiger charge is -2.29. The SMILES string of the molecule is CC(CN)(NC(=O)CSc1ccncc1)C1CC1.Cl. The molecule has 3 N–H and O–H groups in total. The molecule has 6 heteroatoms. The van der Waals surface area contributed by atoms with Crippen LogP contribution in [0.4, 0.5) is 0 Å². The zero-order valence-corrected chi connectivity index (χ0v) is 12.6. The van der Waals surface area contributed by atoms with Gasteiger partial charge in [0.25, 0.3) is 0 Å². The number of nitrogens with one attached hydrogen (secondary N) is 1. The number of pyridine rings is 1. The van der Waals surface area contributed by atoms with Gasteiger partial charge in [-0.1, -0.05) is 0 Å². The minimum absolute atomic E-state index is 0. The van der Waals surface area contributed by atoms with Gasteiger partial charge in [0.2, 0.25) is 5.91 Å². The third-order valence-electron chi connectivity index (χ3n) is 3.35. The van der Waals surface area contributed by atoms with Gasteiger partial charge in [0.05, 0.1) is 11.3 Å². The molecule has 4 nitrogen and oxygen atoms in total. The lowest BCUT2D eigenvalue weighted by molar-refractivity contribution is -0.120. The maximum Gasteiger partial charge on any atom is 0.230 e. The molecule has 1 aliphatic carbocycles. The fourth-order valence-corrected chi connectivity index (χ4v) is 2.66. The van der Waals surface area contributed by atoms with Crippen molar-refractivity contribution in [2.45, 2.75) is 30.2 Å². The monoisotopic (exact) mass is 301 g/mol. The maximum absolute atomic E-state index is 11.9. The van der Waals surface area contributed by atoms with Crippen molar-refractivity contribution < 1.29 is 4.79 Å². The van der Waals surface area contributed by atoms with E-state index < -0.39 is 0 Å². The van der Waals surface area contributed by atoms with Crippen molar-refractivity contribution in [2.75, 3.05) is 12.3 Å². The summed E-state index contributed by atoms with van der Waals surface area (Å²) in [5.41, 5.74) is 5.55. The van der Waals surface area contributed by atoms with E-state index in [9.17, 15) is 4.79 Å². The summed E-state index contributed by atoms with van der Waals surface area (Å²) in [5, 5.41) is 3.07. The van der Waals surface area contributed by atoms with Crippen LogP contribution in [-0.4, -0.2) is 28.7 Å². The number of carbonyl (C=O) groups is 1. The Morgan fingerprint density at radius 3 is 2.68 bits per heavy atom. The smallest absolute Gasteiger partial charge is 0.230 e. The molecular formula is C13H20ClN3OS. The zero-order chi connectivity index (χ0) is 13.0. The van der Waals surface area contributed by atoms with Gasteiger partial charge < -0.3 is 11.1 Å². The number of hydrogen-bond donors (Lipinski definition) is 2. The number of aromatic nitrogens is 1. The molecule has 1 aromatic heterocycles. The predicted molar refractivity (Wildman–Crippen MR) is 80.5 cm³/mol. The topological polar surface area (TPSA) is 68.0 Å². The lowest BCUT2D eigenvalue weighted by atomic mass is 9.96. The first-order valence-electron chi connectivity index (χ1n) is 6.18. The van der Waals surface area contributed by atoms with E-state index in [1.807, 2.05) is 19.1 Å². The number of hydrogen-bond acceptors (Lipinski definition) is 4. The van der Waals surface area contributed by atoms with Gasteiger partial charge in [0, 0.05) is 23.8 Å². The highest BCUT2D eigenvalue weighted by Crippen LogP contribution is 2.39. The third kappa shape index (κ3) is 4.67. The third-order valence-corrected chi connectivity index (χ3v) is 4.36. The lowest BCUT2D eigenvalue weighted by Crippen LogP contribution is -2.53. The average Bonchev–Trinajstić information content (AvgIpc) is 3.22. The quantitative estimate of drug-likeness (QED) is 0.787. The van der Waals surface area contributed by atoms with Gasteiger partial charge in [0.1, 0.15) is 0 Å². The average molecular weight is 302 g/mol. The summed E-state index contributed by atoms with van der Waals surface area (Å²) < 4.78 is 0. The molecule has 106 valence electrons. The highest BCUT2D eigenvalue weighted by Gasteiger charge is 2.41. The second-order valence-electron chi connectivity index (χ2n) is 4.92. The summed E-state index contributed by atoms with van der Waals surface area (Å²) in [4.78, 5) is 16.9. The number of nitrogens with two attached hydrogens (primary N) is 1. The maximum atomic E-state index is 11.9. The van der Waals surface area contributed by atoms with Gasteiger partial charge in [-0.25, -0.2) is 0 Å². The van der Waals surface area contributed by atoms with Gasteiger partial charge in [0.15, 0.2) is 0 Å². The molecule has 0 aliphatic heterocycles. The van der Waals surface area contributed by atoms with E-state index in [4.69, 9.17) is 5.73 Å². The van der Waals surface area contributed by atoms with Crippen LogP contribution in [0.1, 0.15) is 19.8 Å². The number of amides is 1. The molecule has 2 rings (SSSR count). The van der Waals surface area contributed by atoms with Crippen LogP contribution in [0.3, 0.4) is 0 Å². The van der Waals surface area contributed by atoms with Crippen LogP contribution in [0, 0.1) is 5.92 Å². The van der Waals surface area contributed by atoms with Crippen molar-refractivity contribution in [3.8, 4) is 0 Å². The fourth-order valence-electron chi connectivity index (χ4n) is 1.98. The Bertz CT molecular complexity index is 414. The Hall–Kier alpha value is -0.780. The Morgan fingerprint density at radius 1 is 1.53 bits per heavy atom. The van der Waals surface area contributed by atoms with E-state index in [0.717, 1.165) is 4.90 Å². The Morgan fingerprint density at radius 2 is 2.16 bits per heavy atom. The van der Waals surface area contributed by atoms with E-state index >= 15 is 0 Å². The van der Waals surface area contributed by atoms with Crippen molar-refractivity contribution in [1.82, 2.24) is 10.3 Å². The summed E-state index contributed by atoms with van der Waals surface area (Å²) >= 11 is 1.52. The van der Waals surface area contributed by atoms with E-state index in [0.29, 0.717) is 18.2 Å². The molecule has 1 unspecified atom stereocenters. The normalized spacial score (nSPS) is 17.2. The number of rotatable bonds is 6. The summed E-state index contributed by atoms with van der Waals surface area (Å²) in [6.07, 6.45) is 5.81. The highest BCUT2D eigenvalue weighted by atomic mass is 35.5. The zero-order valence-electron chi connectivity index (χ0n) is 11.0. The number of carbonyl (C=O) groups excluding carboxylic acids is 1. The molecule has 1 aromatic rings. The van der Waals surface area contributed by atoms with E-state index in [1.165, 1.54) is 24.6 Å². The van der Waals surface area contributed by atoms with Crippen molar-refractivity contribution in [1.29, 1.82) is 0 Å². The predicted octanol–water partition coefficient (Wildman–Crippen LogP) is 1.84. The Kier molecular flexibility index (Phi) is 6.10. The summed E-state index contributed by atoms with van der Waals surface area (Å²) in [6.45, 7) is 2.54. The molecule has 1 aliphatic rings. The van der Waals surface area contributed by atoms with Crippen LogP contribution in [-0.2, 0) is 4.79 Å². The van der Waals surface area contributed by atoms with Crippen LogP contribution >= 0.6 is 24.2 Å². The van der Waals surface area contributed by atoms with Crippen LogP contribution in [0.25, 0.3) is 0 Å². The molecular weight excluding hydrogens is 282 g/mol. The first-order chi connectivity index (χ1) is 8.64. The molecule has 19 heavy (non-hydrogen) atoms. The van der Waals surface area contributed by atoms with Crippen LogP contribution in [0.2, 0.25) is 0 Å². The van der Waals surface area contributed by atoms with E-state index in [1.54, 1.807) is 12.4 Å². The molecule has 0 radical (unpaired) electrons. The van der Waals surface area contributed by atoms with Gasteiger partial charge in [-0.3, -0.25) is 9.78 Å². The molecule has 0 saturated heterocycles. The fraction of sp³-hybridized carbons (Fsp3) is 0.538. The van der Waals surface area contributed by atoms with Gasteiger partial charge in [-0.2, -0.15) is 0 Å². The van der Waals surface area contributed by atoms with Crippen LogP contribution < -0.4 is 11.1 Å². The van der Waals surface area contributed by atoms with E-state index in [2.05, 4.69) is 10.3 Å². The molecule has 1 atom stereocenters. The van der Waals surface area contributed by atoms with Crippen LogP contribution in [0.15, 0.2) is 29.4 Å². The first kappa shape index (κ1) is 16.3. The Labute approximate surface area is 124 Å². The molecule has 0 spiro atoms. The van der Waals surface area contributed by atoms with Crippen molar-refractivity contribution >= 4 is 30.1 Å². The highest BCUT2D eigenvalue weighted by molar-refractivity contribution is 8.00. The van der Waals surface area contributed by atoms with Crippen molar-refractivity contribution in [3.63, 3.8) is 0 Å². The molecule has 1 saturated carbocycles. The second kappa shape index (κ2) is 7.12. The summed E-state index contributed by atoms with van der Waals surface area (Å²) in [6, 6.07) is 3.81. The van der Waals surface area contributed by atoms with Gasteiger partial charge in [-0.05, 0) is 37.8 Å². The second-order valence-corrected chi connectivity index (χ2v) is 5.96. The first-order valence-corrected chi connectivity index (χ1v) is 7.16. The molecule has 0 aromatic carbocycles. The number of halogens is 1. The number of nitrogens with zero attached hydrogens (tertiary/aromatic N) is 1. The number of thioether (sulfide) groups is 1. The Balaban J connectivity index is 0.00000180.